The van der Waals surface area contributed by atoms with Gasteiger partial charge in [-0.25, -0.2) is 4.39 Å². The molecule has 1 heterocycles. The molecule has 0 saturated heterocycles. The molecule has 3 rings (SSSR count). The molecule has 0 unspecified atom stereocenters. The number of thioether (sulfide) groups is 1. The Labute approximate surface area is 190 Å². The van der Waals surface area contributed by atoms with E-state index in [0.29, 0.717) is 23.9 Å². The van der Waals surface area contributed by atoms with Gasteiger partial charge in [-0.1, -0.05) is 49.0 Å². The van der Waals surface area contributed by atoms with Gasteiger partial charge in [0.25, 0.3) is 0 Å². The van der Waals surface area contributed by atoms with Crippen LogP contribution in [0, 0.1) is 12.7 Å². The minimum atomic E-state index is -0.488. The van der Waals surface area contributed by atoms with Gasteiger partial charge < -0.3 is 15.2 Å². The number of carbonyl (C=O) groups is 2. The third-order valence-corrected chi connectivity index (χ3v) is 6.23. The molecule has 9 heteroatoms. The van der Waals surface area contributed by atoms with Gasteiger partial charge in [-0.3, -0.25) is 9.59 Å². The zero-order chi connectivity index (χ0) is 23.1. The fourth-order valence-corrected chi connectivity index (χ4v) is 4.17. The molecule has 0 bridgehead atoms. The number of hydrogen-bond donors (Lipinski definition) is 2. The van der Waals surface area contributed by atoms with Crippen LogP contribution in [0.2, 0.25) is 0 Å². The number of benzene rings is 2. The molecular formula is C23H26FN5O2S. The minimum absolute atomic E-state index is 0.0634. The highest BCUT2D eigenvalue weighted by molar-refractivity contribution is 8.00. The lowest BCUT2D eigenvalue weighted by atomic mass is 10.2. The summed E-state index contributed by atoms with van der Waals surface area (Å²) in [5.41, 5.74) is 1.87. The Morgan fingerprint density at radius 2 is 1.72 bits per heavy atom. The van der Waals surface area contributed by atoms with E-state index in [4.69, 9.17) is 0 Å². The van der Waals surface area contributed by atoms with Gasteiger partial charge in [0.2, 0.25) is 11.8 Å². The third kappa shape index (κ3) is 5.73. The molecular weight excluding hydrogens is 429 g/mol. The highest BCUT2D eigenvalue weighted by Crippen LogP contribution is 2.26. The van der Waals surface area contributed by atoms with Crippen LogP contribution in [0.5, 0.6) is 0 Å². The number of nitrogens with one attached hydrogen (secondary N) is 2. The van der Waals surface area contributed by atoms with Gasteiger partial charge in [-0.05, 0) is 44.0 Å². The van der Waals surface area contributed by atoms with Gasteiger partial charge in [0.05, 0.1) is 17.4 Å². The molecule has 1 atom stereocenters. The molecule has 0 aliphatic rings. The molecule has 0 aliphatic carbocycles. The average Bonchev–Trinajstić information content (AvgIpc) is 3.16. The molecule has 1 aromatic heterocycles. The second-order valence-electron chi connectivity index (χ2n) is 7.17. The van der Waals surface area contributed by atoms with E-state index in [2.05, 4.69) is 20.8 Å². The molecule has 2 amide bonds. The Morgan fingerprint density at radius 1 is 1.03 bits per heavy atom. The highest BCUT2D eigenvalue weighted by Gasteiger charge is 2.23. The topological polar surface area (TPSA) is 88.9 Å². The second-order valence-corrected chi connectivity index (χ2v) is 8.34. The van der Waals surface area contributed by atoms with Gasteiger partial charge >= 0.3 is 0 Å². The van der Waals surface area contributed by atoms with Crippen molar-refractivity contribution in [2.45, 2.75) is 50.6 Å². The lowest BCUT2D eigenvalue weighted by Gasteiger charge is -2.15. The SMILES string of the molecule is CC[C@H](Sc1nnc(CC(=O)Nc2ccccc2C)n1CC)C(=O)Nc1ccccc1F. The quantitative estimate of drug-likeness (QED) is 0.466. The van der Waals surface area contributed by atoms with E-state index in [0.717, 1.165) is 11.3 Å². The Hall–Kier alpha value is -3.20. The molecule has 168 valence electrons. The van der Waals surface area contributed by atoms with Gasteiger partial charge in [0, 0.05) is 12.2 Å². The maximum absolute atomic E-state index is 13.9. The van der Waals surface area contributed by atoms with Crippen molar-refractivity contribution in [3.63, 3.8) is 0 Å². The lowest BCUT2D eigenvalue weighted by molar-refractivity contribution is -0.116. The van der Waals surface area contributed by atoms with Crippen molar-refractivity contribution in [3.05, 3.63) is 65.7 Å². The highest BCUT2D eigenvalue weighted by atomic mass is 32.2. The summed E-state index contributed by atoms with van der Waals surface area (Å²) >= 11 is 1.25. The third-order valence-electron chi connectivity index (χ3n) is 4.89. The Kier molecular flexibility index (Phi) is 7.99. The number of rotatable bonds is 9. The molecule has 0 spiro atoms. The number of aryl methyl sites for hydroxylation is 1. The van der Waals surface area contributed by atoms with E-state index in [1.807, 2.05) is 49.6 Å². The zero-order valence-electron chi connectivity index (χ0n) is 18.3. The first-order chi connectivity index (χ1) is 15.4. The fourth-order valence-electron chi connectivity index (χ4n) is 3.13. The molecule has 0 fully saturated rings. The standard InChI is InChI=1S/C23H26FN5O2S/c1-4-19(22(31)26-18-13-9-7-11-16(18)24)32-23-28-27-20(29(23)5-2)14-21(30)25-17-12-8-6-10-15(17)3/h6-13,19H,4-5,14H2,1-3H3,(H,25,30)(H,26,31)/t19-/m0/s1. The van der Waals surface area contributed by atoms with Crippen LogP contribution in [0.3, 0.4) is 0 Å². The first-order valence-corrected chi connectivity index (χ1v) is 11.3. The van der Waals surface area contributed by atoms with Crippen LogP contribution in [0.4, 0.5) is 15.8 Å². The van der Waals surface area contributed by atoms with Crippen molar-refractivity contribution in [2.75, 3.05) is 10.6 Å². The molecule has 0 saturated carbocycles. The number of carbonyl (C=O) groups excluding carboxylic acids is 2. The Balaban J connectivity index is 1.69. The van der Waals surface area contributed by atoms with Crippen molar-refractivity contribution in [2.24, 2.45) is 0 Å². The molecule has 3 aromatic rings. The number of anilines is 2. The lowest BCUT2D eigenvalue weighted by Crippen LogP contribution is -2.25. The van der Waals surface area contributed by atoms with Crippen molar-refractivity contribution in [1.82, 2.24) is 14.8 Å². The average molecular weight is 456 g/mol. The van der Waals surface area contributed by atoms with Crippen LogP contribution < -0.4 is 10.6 Å². The summed E-state index contributed by atoms with van der Waals surface area (Å²) in [7, 11) is 0. The summed E-state index contributed by atoms with van der Waals surface area (Å²) in [6, 6.07) is 13.6. The first-order valence-electron chi connectivity index (χ1n) is 10.4. The number of para-hydroxylation sites is 2. The Morgan fingerprint density at radius 3 is 2.38 bits per heavy atom. The zero-order valence-corrected chi connectivity index (χ0v) is 19.1. The molecule has 2 aromatic carbocycles. The molecule has 32 heavy (non-hydrogen) atoms. The van der Waals surface area contributed by atoms with E-state index >= 15 is 0 Å². The predicted octanol–water partition coefficient (Wildman–Crippen LogP) is 4.44. The molecule has 0 radical (unpaired) electrons. The van der Waals surface area contributed by atoms with Crippen LogP contribution in [-0.4, -0.2) is 31.8 Å². The van der Waals surface area contributed by atoms with Crippen LogP contribution in [0.25, 0.3) is 0 Å². The van der Waals surface area contributed by atoms with Crippen molar-refractivity contribution < 1.29 is 14.0 Å². The summed E-state index contributed by atoms with van der Waals surface area (Å²) in [6.45, 7) is 6.28. The van der Waals surface area contributed by atoms with E-state index in [1.165, 1.54) is 23.9 Å². The number of halogens is 1. The molecule has 0 aliphatic heterocycles. The Bertz CT molecular complexity index is 1100. The predicted molar refractivity (Wildman–Crippen MR) is 124 cm³/mol. The summed E-state index contributed by atoms with van der Waals surface area (Å²) < 4.78 is 15.7. The summed E-state index contributed by atoms with van der Waals surface area (Å²) in [4.78, 5) is 25.2. The summed E-state index contributed by atoms with van der Waals surface area (Å²) in [5, 5.41) is 14.0. The van der Waals surface area contributed by atoms with Crippen LogP contribution in [-0.2, 0) is 22.6 Å². The van der Waals surface area contributed by atoms with Crippen LogP contribution >= 0.6 is 11.8 Å². The second kappa shape index (κ2) is 10.9. The van der Waals surface area contributed by atoms with E-state index in [1.54, 1.807) is 12.1 Å². The van der Waals surface area contributed by atoms with E-state index in [9.17, 15) is 14.0 Å². The molecule has 2 N–H and O–H groups in total. The number of nitrogens with zero attached hydrogens (tertiary/aromatic N) is 3. The molecule has 7 nitrogen and oxygen atoms in total. The van der Waals surface area contributed by atoms with Crippen molar-refractivity contribution in [1.29, 1.82) is 0 Å². The number of aromatic nitrogens is 3. The largest absolute Gasteiger partial charge is 0.325 e. The van der Waals surface area contributed by atoms with E-state index in [-0.39, 0.29) is 23.9 Å². The van der Waals surface area contributed by atoms with Gasteiger partial charge in [0.1, 0.15) is 11.6 Å². The van der Waals surface area contributed by atoms with Crippen molar-refractivity contribution >= 4 is 35.0 Å². The summed E-state index contributed by atoms with van der Waals surface area (Å²) in [6.07, 6.45) is 0.582. The first kappa shape index (κ1) is 23.5. The maximum atomic E-state index is 13.9. The van der Waals surface area contributed by atoms with Crippen LogP contribution in [0.1, 0.15) is 31.7 Å². The minimum Gasteiger partial charge on any atom is -0.325 e. The van der Waals surface area contributed by atoms with E-state index < -0.39 is 11.1 Å². The summed E-state index contributed by atoms with van der Waals surface area (Å²) in [5.74, 6) is -0.473. The van der Waals surface area contributed by atoms with Gasteiger partial charge in [-0.15, -0.1) is 10.2 Å². The number of hydrogen-bond acceptors (Lipinski definition) is 5. The number of amides is 2. The monoisotopic (exact) mass is 455 g/mol. The fraction of sp³-hybridized carbons (Fsp3) is 0.304. The normalized spacial score (nSPS) is 11.8. The van der Waals surface area contributed by atoms with Gasteiger partial charge in [0.15, 0.2) is 5.16 Å². The maximum Gasteiger partial charge on any atom is 0.238 e. The van der Waals surface area contributed by atoms with Gasteiger partial charge in [-0.2, -0.15) is 0 Å². The van der Waals surface area contributed by atoms with Crippen molar-refractivity contribution in [3.8, 4) is 0 Å². The smallest absolute Gasteiger partial charge is 0.238 e. The van der Waals surface area contributed by atoms with Crippen LogP contribution in [0.15, 0.2) is 53.7 Å².